The van der Waals surface area contributed by atoms with Crippen molar-refractivity contribution in [1.29, 1.82) is 0 Å². The summed E-state index contributed by atoms with van der Waals surface area (Å²) in [6.45, 7) is 3.99. The molecule has 0 saturated carbocycles. The molecule has 33 heavy (non-hydrogen) atoms. The highest BCUT2D eigenvalue weighted by molar-refractivity contribution is 6.31. The van der Waals surface area contributed by atoms with E-state index in [-0.39, 0.29) is 24.2 Å². The van der Waals surface area contributed by atoms with Crippen molar-refractivity contribution in [3.8, 4) is 11.5 Å². The summed E-state index contributed by atoms with van der Waals surface area (Å²) in [4.78, 5) is 15.0. The largest absolute Gasteiger partial charge is 0.454 e. The van der Waals surface area contributed by atoms with E-state index in [0.717, 1.165) is 63.3 Å². The maximum absolute atomic E-state index is 12.9. The predicted molar refractivity (Wildman–Crippen MR) is 127 cm³/mol. The minimum absolute atomic E-state index is 0.0226. The summed E-state index contributed by atoms with van der Waals surface area (Å²) in [6, 6.07) is 14.7. The number of nitrogens with one attached hydrogen (secondary N) is 1. The zero-order valence-electron chi connectivity index (χ0n) is 18.9. The van der Waals surface area contributed by atoms with E-state index in [9.17, 15) is 4.79 Å². The second-order valence-electron chi connectivity index (χ2n) is 9.24. The van der Waals surface area contributed by atoms with Gasteiger partial charge in [0.05, 0.1) is 0 Å². The Hall–Kier alpha value is -2.28. The van der Waals surface area contributed by atoms with E-state index in [2.05, 4.69) is 40.5 Å². The minimum atomic E-state index is -0.0226. The Morgan fingerprint density at radius 3 is 2.64 bits per heavy atom. The summed E-state index contributed by atoms with van der Waals surface area (Å²) >= 11 is 6.40. The number of hydrogen-bond donors (Lipinski definition) is 1. The standard InChI is InChI=1S/C26H31ClN2O4/c27-22-15-24-23(32-18-33-24)14-19(22)16-28-11-8-21-6-7-25(30)29(21)17-26(9-12-31-13-10-26)20-4-2-1-3-5-20/h1-5,14-15,21,28H,6-13,16-18H2/t21-/m1/s1. The van der Waals surface area contributed by atoms with Crippen LogP contribution in [-0.2, 0) is 21.5 Å². The molecule has 1 atom stereocenters. The summed E-state index contributed by atoms with van der Waals surface area (Å²) in [7, 11) is 0. The topological polar surface area (TPSA) is 60.0 Å². The van der Waals surface area contributed by atoms with E-state index in [1.54, 1.807) is 0 Å². The SMILES string of the molecule is O=C1CC[C@H](CCNCc2cc3c(cc2Cl)OCO3)N1CC1(c2ccccc2)CCOCC1. The maximum atomic E-state index is 12.9. The molecular weight excluding hydrogens is 440 g/mol. The molecule has 5 rings (SSSR count). The Labute approximate surface area is 200 Å². The molecule has 0 unspecified atom stereocenters. The van der Waals surface area contributed by atoms with Crippen LogP contribution in [0.5, 0.6) is 11.5 Å². The van der Waals surface area contributed by atoms with Crippen LogP contribution < -0.4 is 14.8 Å². The van der Waals surface area contributed by atoms with Crippen LogP contribution >= 0.6 is 11.6 Å². The maximum Gasteiger partial charge on any atom is 0.231 e. The highest BCUT2D eigenvalue weighted by Crippen LogP contribution is 2.39. The Kier molecular flexibility index (Phi) is 6.76. The van der Waals surface area contributed by atoms with Gasteiger partial charge in [0, 0.05) is 55.3 Å². The van der Waals surface area contributed by atoms with E-state index >= 15 is 0 Å². The summed E-state index contributed by atoms with van der Waals surface area (Å²) in [5.74, 6) is 1.72. The number of rotatable bonds is 8. The van der Waals surface area contributed by atoms with Crippen molar-refractivity contribution in [1.82, 2.24) is 10.2 Å². The molecule has 3 heterocycles. The molecule has 0 spiro atoms. The molecule has 0 aromatic heterocycles. The lowest BCUT2D eigenvalue weighted by molar-refractivity contribution is -0.130. The summed E-state index contributed by atoms with van der Waals surface area (Å²) < 4.78 is 16.5. The van der Waals surface area contributed by atoms with Crippen molar-refractivity contribution in [3.63, 3.8) is 0 Å². The van der Waals surface area contributed by atoms with Crippen molar-refractivity contribution < 1.29 is 19.0 Å². The summed E-state index contributed by atoms with van der Waals surface area (Å²) in [6.07, 6.45) is 4.39. The van der Waals surface area contributed by atoms with Gasteiger partial charge in [-0.2, -0.15) is 0 Å². The normalized spacial score (nSPS) is 21.5. The van der Waals surface area contributed by atoms with Crippen molar-refractivity contribution in [2.24, 2.45) is 0 Å². The van der Waals surface area contributed by atoms with Crippen LogP contribution in [0.4, 0.5) is 0 Å². The zero-order valence-corrected chi connectivity index (χ0v) is 19.6. The van der Waals surface area contributed by atoms with Crippen molar-refractivity contribution in [2.45, 2.75) is 50.1 Å². The zero-order chi connectivity index (χ0) is 22.7. The molecule has 3 aliphatic rings. The Morgan fingerprint density at radius 2 is 1.85 bits per heavy atom. The second kappa shape index (κ2) is 9.92. The van der Waals surface area contributed by atoms with Gasteiger partial charge >= 0.3 is 0 Å². The van der Waals surface area contributed by atoms with E-state index in [4.69, 9.17) is 25.8 Å². The van der Waals surface area contributed by atoms with Gasteiger partial charge in [0.15, 0.2) is 11.5 Å². The first-order chi connectivity index (χ1) is 16.1. The van der Waals surface area contributed by atoms with E-state index in [0.29, 0.717) is 23.7 Å². The van der Waals surface area contributed by atoms with Gasteiger partial charge in [0.1, 0.15) is 0 Å². The number of ether oxygens (including phenoxy) is 3. The van der Waals surface area contributed by atoms with Gasteiger partial charge in [-0.1, -0.05) is 41.9 Å². The summed E-state index contributed by atoms with van der Waals surface area (Å²) in [5.41, 5.74) is 2.29. The van der Waals surface area contributed by atoms with Gasteiger partial charge < -0.3 is 24.4 Å². The average molecular weight is 471 g/mol. The van der Waals surface area contributed by atoms with Crippen molar-refractivity contribution >= 4 is 17.5 Å². The predicted octanol–water partition coefficient (Wildman–Crippen LogP) is 4.29. The number of carbonyl (C=O) groups is 1. The third-order valence-electron chi connectivity index (χ3n) is 7.27. The highest BCUT2D eigenvalue weighted by Gasteiger charge is 2.41. The number of fused-ring (bicyclic) bond motifs is 1. The molecule has 7 heteroatoms. The van der Waals surface area contributed by atoms with E-state index in [1.807, 2.05) is 12.1 Å². The first-order valence-electron chi connectivity index (χ1n) is 11.9. The number of amides is 1. The smallest absolute Gasteiger partial charge is 0.231 e. The van der Waals surface area contributed by atoms with Crippen LogP contribution in [-0.4, -0.2) is 49.9 Å². The van der Waals surface area contributed by atoms with E-state index < -0.39 is 0 Å². The lowest BCUT2D eigenvalue weighted by Gasteiger charge is -2.42. The fraction of sp³-hybridized carbons (Fsp3) is 0.500. The van der Waals surface area contributed by atoms with Crippen molar-refractivity contribution in [3.05, 3.63) is 58.6 Å². The van der Waals surface area contributed by atoms with Gasteiger partial charge in [-0.25, -0.2) is 0 Å². The number of benzene rings is 2. The first kappa shape index (κ1) is 22.5. The Balaban J connectivity index is 1.21. The Bertz CT molecular complexity index is 978. The molecule has 0 aliphatic carbocycles. The highest BCUT2D eigenvalue weighted by atomic mass is 35.5. The third-order valence-corrected chi connectivity index (χ3v) is 7.62. The van der Waals surface area contributed by atoms with Gasteiger partial charge in [0.25, 0.3) is 0 Å². The lowest BCUT2D eigenvalue weighted by Crippen LogP contribution is -2.48. The molecule has 2 fully saturated rings. The molecule has 3 aliphatic heterocycles. The molecule has 6 nitrogen and oxygen atoms in total. The molecule has 0 bridgehead atoms. The quantitative estimate of drug-likeness (QED) is 0.583. The minimum Gasteiger partial charge on any atom is -0.454 e. The van der Waals surface area contributed by atoms with Gasteiger partial charge in [-0.05, 0) is 49.4 Å². The number of nitrogens with zero attached hydrogens (tertiary/aromatic N) is 1. The molecule has 1 N–H and O–H groups in total. The average Bonchev–Trinajstić information content (AvgIpc) is 3.44. The van der Waals surface area contributed by atoms with E-state index in [1.165, 1.54) is 5.56 Å². The number of hydrogen-bond acceptors (Lipinski definition) is 5. The molecule has 2 saturated heterocycles. The second-order valence-corrected chi connectivity index (χ2v) is 9.64. The molecule has 2 aromatic rings. The van der Waals surface area contributed by atoms with Crippen LogP contribution in [0.3, 0.4) is 0 Å². The number of carbonyl (C=O) groups excluding carboxylic acids is 1. The Morgan fingerprint density at radius 1 is 1.09 bits per heavy atom. The van der Waals surface area contributed by atoms with Crippen LogP contribution in [0.2, 0.25) is 5.02 Å². The molecule has 176 valence electrons. The summed E-state index contributed by atoms with van der Waals surface area (Å²) in [5, 5.41) is 4.18. The van der Waals surface area contributed by atoms with Gasteiger partial charge in [-0.3, -0.25) is 4.79 Å². The monoisotopic (exact) mass is 470 g/mol. The van der Waals surface area contributed by atoms with Crippen LogP contribution in [0, 0.1) is 0 Å². The van der Waals surface area contributed by atoms with Crippen LogP contribution in [0.25, 0.3) is 0 Å². The first-order valence-corrected chi connectivity index (χ1v) is 12.2. The van der Waals surface area contributed by atoms with Crippen LogP contribution in [0.15, 0.2) is 42.5 Å². The number of halogens is 1. The number of likely N-dealkylation sites (tertiary alicyclic amines) is 1. The van der Waals surface area contributed by atoms with Crippen molar-refractivity contribution in [2.75, 3.05) is 33.1 Å². The van der Waals surface area contributed by atoms with Crippen LogP contribution in [0.1, 0.15) is 43.2 Å². The lowest BCUT2D eigenvalue weighted by atomic mass is 9.73. The fourth-order valence-corrected chi connectivity index (χ4v) is 5.54. The molecule has 1 amide bonds. The molecule has 2 aromatic carbocycles. The molecular formula is C26H31ClN2O4. The third kappa shape index (κ3) is 4.84. The van der Waals surface area contributed by atoms with Gasteiger partial charge in [-0.15, -0.1) is 0 Å². The molecule has 0 radical (unpaired) electrons. The van der Waals surface area contributed by atoms with Gasteiger partial charge in [0.2, 0.25) is 12.7 Å². The fourth-order valence-electron chi connectivity index (χ4n) is 5.32.